The molecule has 1 aliphatic carbocycles. The monoisotopic (exact) mass is 508 g/mol. The van der Waals surface area contributed by atoms with Crippen molar-refractivity contribution < 1.29 is 31.8 Å². The Bertz CT molecular complexity index is 805. The van der Waals surface area contributed by atoms with E-state index in [4.69, 9.17) is 10.2 Å². The number of halogens is 3. The van der Waals surface area contributed by atoms with Gasteiger partial charge < -0.3 is 10.2 Å². The molecule has 0 aliphatic heterocycles. The van der Waals surface area contributed by atoms with Gasteiger partial charge in [0.25, 0.3) is 0 Å². The molecule has 1 fully saturated rings. The van der Waals surface area contributed by atoms with Crippen molar-refractivity contribution in [1.82, 2.24) is 9.21 Å². The summed E-state index contributed by atoms with van der Waals surface area (Å²) in [6, 6.07) is 3.67. The molecule has 1 aliphatic rings. The first-order valence-corrected chi connectivity index (χ1v) is 13.6. The number of nitrogens with zero attached hydrogens (tertiary/aromatic N) is 2. The number of hydrogen-bond donors (Lipinski definition) is 2. The minimum atomic E-state index is -4.49. The molecule has 6 nitrogen and oxygen atoms in total. The summed E-state index contributed by atoms with van der Waals surface area (Å²) in [7, 11) is -2.32. The highest BCUT2D eigenvalue weighted by molar-refractivity contribution is 7.89. The highest BCUT2D eigenvalue weighted by atomic mass is 32.2. The highest BCUT2D eigenvalue weighted by Crippen LogP contribution is 2.34. The summed E-state index contributed by atoms with van der Waals surface area (Å²) in [5, 5.41) is 18.1. The van der Waals surface area contributed by atoms with Crippen molar-refractivity contribution in [2.24, 2.45) is 11.8 Å². The van der Waals surface area contributed by atoms with Crippen LogP contribution in [0.3, 0.4) is 0 Å². The predicted octanol–water partition coefficient (Wildman–Crippen LogP) is 3.98. The SMILES string of the molecule is CN(CC1CCC(CCCCCN(CCO)CCO)CC1)S(=O)(=O)c1ccc(C(F)(F)F)cc1. The quantitative estimate of drug-likeness (QED) is 0.372. The van der Waals surface area contributed by atoms with E-state index in [1.807, 2.05) is 0 Å². The lowest BCUT2D eigenvalue weighted by Gasteiger charge is -2.31. The number of alkyl halides is 3. The van der Waals surface area contributed by atoms with Crippen molar-refractivity contribution in [1.29, 1.82) is 0 Å². The van der Waals surface area contributed by atoms with Crippen molar-refractivity contribution >= 4 is 10.0 Å². The Balaban J connectivity index is 1.71. The largest absolute Gasteiger partial charge is 0.416 e. The number of aliphatic hydroxyl groups is 2. The lowest BCUT2D eigenvalue weighted by atomic mass is 9.80. The van der Waals surface area contributed by atoms with Gasteiger partial charge in [-0.3, -0.25) is 4.90 Å². The molecular weight excluding hydrogens is 469 g/mol. The number of sulfonamides is 1. The van der Waals surface area contributed by atoms with Crippen molar-refractivity contribution in [3.8, 4) is 0 Å². The van der Waals surface area contributed by atoms with Gasteiger partial charge in [0, 0.05) is 26.7 Å². The van der Waals surface area contributed by atoms with Crippen LogP contribution < -0.4 is 0 Å². The molecule has 0 saturated heterocycles. The van der Waals surface area contributed by atoms with Gasteiger partial charge in [0.2, 0.25) is 10.0 Å². The molecule has 0 radical (unpaired) electrons. The molecule has 0 atom stereocenters. The predicted molar refractivity (Wildman–Crippen MR) is 126 cm³/mol. The average Bonchev–Trinajstić information content (AvgIpc) is 2.79. The zero-order chi connectivity index (χ0) is 25.2. The minimum absolute atomic E-state index is 0.101. The second kappa shape index (κ2) is 13.8. The molecule has 34 heavy (non-hydrogen) atoms. The van der Waals surface area contributed by atoms with Crippen LogP contribution >= 0.6 is 0 Å². The Morgan fingerprint density at radius 1 is 0.882 bits per heavy atom. The molecule has 0 heterocycles. The third kappa shape index (κ3) is 9.11. The van der Waals surface area contributed by atoms with Crippen LogP contribution in [0.1, 0.15) is 56.9 Å². The Morgan fingerprint density at radius 2 is 1.44 bits per heavy atom. The summed E-state index contributed by atoms with van der Waals surface area (Å²) in [6.07, 6.45) is 4.02. The fraction of sp³-hybridized carbons (Fsp3) is 0.750. The van der Waals surface area contributed by atoms with Crippen molar-refractivity contribution in [3.05, 3.63) is 29.8 Å². The number of unbranched alkanes of at least 4 members (excludes halogenated alkanes) is 2. The van der Waals surface area contributed by atoms with E-state index in [1.54, 1.807) is 0 Å². The summed E-state index contributed by atoms with van der Waals surface area (Å²) in [5.74, 6) is 0.912. The van der Waals surface area contributed by atoms with Crippen LogP contribution in [0.4, 0.5) is 13.2 Å². The number of aliphatic hydroxyl groups excluding tert-OH is 2. The van der Waals surface area contributed by atoms with Crippen molar-refractivity contribution in [2.45, 2.75) is 62.4 Å². The molecule has 0 unspecified atom stereocenters. The van der Waals surface area contributed by atoms with E-state index >= 15 is 0 Å². The van der Waals surface area contributed by atoms with Crippen molar-refractivity contribution in [2.75, 3.05) is 46.4 Å². The average molecular weight is 509 g/mol. The van der Waals surface area contributed by atoms with Crippen molar-refractivity contribution in [3.63, 3.8) is 0 Å². The van der Waals surface area contributed by atoms with Gasteiger partial charge in [-0.2, -0.15) is 13.2 Å². The van der Waals surface area contributed by atoms with Gasteiger partial charge in [0.15, 0.2) is 0 Å². The summed E-state index contributed by atoms with van der Waals surface area (Å²) >= 11 is 0. The third-order valence-electron chi connectivity index (χ3n) is 6.79. The smallest absolute Gasteiger partial charge is 0.395 e. The van der Waals surface area contributed by atoms with Gasteiger partial charge in [-0.05, 0) is 61.9 Å². The molecule has 0 spiro atoms. The maximum Gasteiger partial charge on any atom is 0.416 e. The fourth-order valence-corrected chi connectivity index (χ4v) is 5.97. The second-order valence-electron chi connectivity index (χ2n) is 9.33. The lowest BCUT2D eigenvalue weighted by Crippen LogP contribution is -2.33. The van der Waals surface area contributed by atoms with Crippen LogP contribution in [0.5, 0.6) is 0 Å². The Kier molecular flexibility index (Phi) is 11.8. The van der Waals surface area contributed by atoms with Gasteiger partial charge in [0.1, 0.15) is 0 Å². The standard InChI is InChI=1S/C24H39F3N2O4S/c1-28(34(32,33)23-12-10-22(11-13-23)24(25,26)27)19-21-8-6-20(7-9-21)5-3-2-4-14-29(15-17-30)16-18-31/h10-13,20-21,30-31H,2-9,14-19H2,1H3. The normalized spacial score (nSPS) is 19.8. The molecule has 10 heteroatoms. The van der Waals surface area contributed by atoms with Crippen LogP contribution in [0.2, 0.25) is 0 Å². The van der Waals surface area contributed by atoms with E-state index in [0.717, 1.165) is 82.2 Å². The van der Waals surface area contributed by atoms with E-state index in [-0.39, 0.29) is 24.0 Å². The molecule has 0 bridgehead atoms. The minimum Gasteiger partial charge on any atom is -0.395 e. The number of hydrogen-bond acceptors (Lipinski definition) is 5. The molecule has 1 aromatic carbocycles. The van der Waals surface area contributed by atoms with Gasteiger partial charge in [0.05, 0.1) is 23.7 Å². The summed E-state index contributed by atoms with van der Waals surface area (Å²) < 4.78 is 65.0. The fourth-order valence-electron chi connectivity index (χ4n) is 4.72. The number of benzene rings is 1. The van der Waals surface area contributed by atoms with Gasteiger partial charge >= 0.3 is 6.18 Å². The van der Waals surface area contributed by atoms with E-state index in [0.29, 0.717) is 25.6 Å². The van der Waals surface area contributed by atoms with Crippen LogP contribution in [0.15, 0.2) is 29.2 Å². The van der Waals surface area contributed by atoms with Crippen LogP contribution in [0, 0.1) is 11.8 Å². The molecule has 2 N–H and O–H groups in total. The Labute approximate surface area is 201 Å². The van der Waals surface area contributed by atoms with Crippen LogP contribution in [-0.4, -0.2) is 74.3 Å². The zero-order valence-corrected chi connectivity index (χ0v) is 20.8. The molecule has 1 aromatic rings. The maximum atomic E-state index is 12.8. The Morgan fingerprint density at radius 3 is 1.97 bits per heavy atom. The molecule has 196 valence electrons. The molecule has 2 rings (SSSR count). The number of rotatable bonds is 14. The molecular formula is C24H39F3N2O4S. The molecule has 0 amide bonds. The lowest BCUT2D eigenvalue weighted by molar-refractivity contribution is -0.137. The Hall–Kier alpha value is -1.20. The first-order valence-electron chi connectivity index (χ1n) is 12.2. The molecule has 0 aromatic heterocycles. The van der Waals surface area contributed by atoms with Gasteiger partial charge in [-0.15, -0.1) is 0 Å². The van der Waals surface area contributed by atoms with Gasteiger partial charge in [-0.1, -0.05) is 32.1 Å². The first-order chi connectivity index (χ1) is 16.1. The van der Waals surface area contributed by atoms with E-state index in [1.165, 1.54) is 11.4 Å². The maximum absolute atomic E-state index is 12.8. The van der Waals surface area contributed by atoms with E-state index < -0.39 is 21.8 Å². The van der Waals surface area contributed by atoms with Crippen LogP contribution in [0.25, 0.3) is 0 Å². The molecule has 1 saturated carbocycles. The van der Waals surface area contributed by atoms with E-state index in [2.05, 4.69) is 4.90 Å². The zero-order valence-electron chi connectivity index (χ0n) is 20.0. The topological polar surface area (TPSA) is 81.1 Å². The summed E-state index contributed by atoms with van der Waals surface area (Å²) in [6.45, 7) is 2.64. The van der Waals surface area contributed by atoms with Crippen LogP contribution in [-0.2, 0) is 16.2 Å². The first kappa shape index (κ1) is 29.0. The summed E-state index contributed by atoms with van der Waals surface area (Å²) in [5.41, 5.74) is -0.861. The highest BCUT2D eigenvalue weighted by Gasteiger charge is 2.32. The van der Waals surface area contributed by atoms with Gasteiger partial charge in [-0.25, -0.2) is 12.7 Å². The third-order valence-corrected chi connectivity index (χ3v) is 8.63. The van der Waals surface area contributed by atoms with E-state index in [9.17, 15) is 21.6 Å². The second-order valence-corrected chi connectivity index (χ2v) is 11.4. The summed E-state index contributed by atoms with van der Waals surface area (Å²) in [4.78, 5) is 1.95.